The molecule has 0 aromatic heterocycles. The summed E-state index contributed by atoms with van der Waals surface area (Å²) in [6.07, 6.45) is 12.4. The van der Waals surface area contributed by atoms with E-state index in [4.69, 9.17) is 6.42 Å². The molecular weight excluding hydrogens is 260 g/mol. The van der Waals surface area contributed by atoms with Gasteiger partial charge in [-0.25, -0.2) is 4.99 Å². The standard InChI is InChI=1S/C17H30N4/c1-8-11-12-13-20(6)17(10-3)19-16(5)21(7)18-14-15(4)9-2/h2,10,14-16H,3,8,11-13H2,1,4-7H3/b18-14-,19-17+. The summed E-state index contributed by atoms with van der Waals surface area (Å²) in [5, 5.41) is 6.13. The van der Waals surface area contributed by atoms with Gasteiger partial charge in [0.25, 0.3) is 0 Å². The van der Waals surface area contributed by atoms with Crippen molar-refractivity contribution in [3.8, 4) is 12.3 Å². The third kappa shape index (κ3) is 8.19. The lowest BCUT2D eigenvalue weighted by Crippen LogP contribution is -2.30. The van der Waals surface area contributed by atoms with Crippen molar-refractivity contribution in [2.24, 2.45) is 16.0 Å². The molecule has 0 aliphatic rings. The molecule has 0 spiro atoms. The number of rotatable bonds is 9. The van der Waals surface area contributed by atoms with Crippen molar-refractivity contribution in [1.82, 2.24) is 9.91 Å². The van der Waals surface area contributed by atoms with E-state index in [2.05, 4.69) is 34.4 Å². The molecule has 0 aromatic rings. The predicted octanol–water partition coefficient (Wildman–Crippen LogP) is 3.23. The fourth-order valence-corrected chi connectivity index (χ4v) is 1.64. The van der Waals surface area contributed by atoms with E-state index in [1.54, 1.807) is 17.3 Å². The van der Waals surface area contributed by atoms with Crippen LogP contribution in [0.3, 0.4) is 0 Å². The fraction of sp³-hybridized carbons (Fsp3) is 0.647. The molecule has 21 heavy (non-hydrogen) atoms. The molecule has 0 heterocycles. The van der Waals surface area contributed by atoms with Crippen molar-refractivity contribution in [1.29, 1.82) is 0 Å². The fourth-order valence-electron chi connectivity index (χ4n) is 1.64. The first-order chi connectivity index (χ1) is 9.96. The van der Waals surface area contributed by atoms with E-state index >= 15 is 0 Å². The maximum absolute atomic E-state index is 5.33. The minimum Gasteiger partial charge on any atom is -0.360 e. The van der Waals surface area contributed by atoms with Gasteiger partial charge < -0.3 is 4.90 Å². The molecule has 0 bridgehead atoms. The summed E-state index contributed by atoms with van der Waals surface area (Å²) in [5.74, 6) is 3.54. The third-order valence-electron chi connectivity index (χ3n) is 3.27. The van der Waals surface area contributed by atoms with Crippen LogP contribution in [0.25, 0.3) is 0 Å². The van der Waals surface area contributed by atoms with Gasteiger partial charge in [-0.05, 0) is 26.3 Å². The van der Waals surface area contributed by atoms with Gasteiger partial charge in [-0.2, -0.15) is 5.10 Å². The highest BCUT2D eigenvalue weighted by Crippen LogP contribution is 2.04. The largest absolute Gasteiger partial charge is 0.360 e. The van der Waals surface area contributed by atoms with Crippen molar-refractivity contribution in [3.63, 3.8) is 0 Å². The average Bonchev–Trinajstić information content (AvgIpc) is 2.49. The Labute approximate surface area is 130 Å². The van der Waals surface area contributed by atoms with Crippen LogP contribution in [0, 0.1) is 18.3 Å². The first-order valence-corrected chi connectivity index (χ1v) is 7.60. The van der Waals surface area contributed by atoms with Crippen molar-refractivity contribution in [2.45, 2.75) is 46.2 Å². The highest BCUT2D eigenvalue weighted by Gasteiger charge is 2.08. The molecule has 0 fully saturated rings. The number of nitrogens with zero attached hydrogens (tertiary/aromatic N) is 4. The van der Waals surface area contributed by atoms with Crippen LogP contribution < -0.4 is 0 Å². The van der Waals surface area contributed by atoms with Gasteiger partial charge in [-0.15, -0.1) is 6.42 Å². The second kappa shape index (κ2) is 11.0. The van der Waals surface area contributed by atoms with Gasteiger partial charge in [0.1, 0.15) is 12.0 Å². The van der Waals surface area contributed by atoms with Crippen LogP contribution in [0.5, 0.6) is 0 Å². The Kier molecular flexibility index (Phi) is 10.0. The molecule has 0 amide bonds. The lowest BCUT2D eigenvalue weighted by atomic mass is 10.2. The molecule has 0 saturated carbocycles. The van der Waals surface area contributed by atoms with Crippen LogP contribution in [0.15, 0.2) is 22.7 Å². The van der Waals surface area contributed by atoms with E-state index in [-0.39, 0.29) is 12.1 Å². The highest BCUT2D eigenvalue weighted by molar-refractivity contribution is 5.92. The zero-order chi connectivity index (χ0) is 16.3. The van der Waals surface area contributed by atoms with Crippen molar-refractivity contribution in [2.75, 3.05) is 20.6 Å². The summed E-state index contributed by atoms with van der Waals surface area (Å²) >= 11 is 0. The Hall–Kier alpha value is -1.76. The number of hydrogen-bond acceptors (Lipinski definition) is 3. The molecule has 4 heteroatoms. The average molecular weight is 290 g/mol. The molecule has 4 nitrogen and oxygen atoms in total. The van der Waals surface area contributed by atoms with Crippen molar-refractivity contribution >= 4 is 12.1 Å². The second-order valence-electron chi connectivity index (χ2n) is 5.25. The summed E-state index contributed by atoms with van der Waals surface area (Å²) < 4.78 is 0. The van der Waals surface area contributed by atoms with E-state index in [9.17, 15) is 0 Å². The Bertz CT molecular complexity index is 392. The number of terminal acetylenes is 1. The number of aliphatic imine (C=N–C) groups is 1. The number of likely N-dealkylation sites (N-methyl/N-ethyl adjacent to an activating group) is 1. The normalized spacial score (nSPS) is 14.6. The van der Waals surface area contributed by atoms with Gasteiger partial charge in [0.05, 0.1) is 5.92 Å². The van der Waals surface area contributed by atoms with Gasteiger partial charge in [-0.1, -0.05) is 32.3 Å². The van der Waals surface area contributed by atoms with Gasteiger partial charge in [0.2, 0.25) is 0 Å². The first-order valence-electron chi connectivity index (χ1n) is 7.60. The topological polar surface area (TPSA) is 31.2 Å². The number of hydrazone groups is 1. The lowest BCUT2D eigenvalue weighted by molar-refractivity contribution is 0.277. The molecule has 0 aliphatic carbocycles. The maximum atomic E-state index is 5.33. The van der Waals surface area contributed by atoms with Crippen LogP contribution in [-0.2, 0) is 0 Å². The lowest BCUT2D eigenvalue weighted by Gasteiger charge is -2.23. The third-order valence-corrected chi connectivity index (χ3v) is 3.27. The number of unbranched alkanes of at least 4 members (excludes halogenated alkanes) is 2. The molecule has 0 N–H and O–H groups in total. The van der Waals surface area contributed by atoms with Crippen molar-refractivity contribution in [3.05, 3.63) is 12.7 Å². The smallest absolute Gasteiger partial charge is 0.136 e. The predicted molar refractivity (Wildman–Crippen MR) is 93.5 cm³/mol. The number of amidine groups is 1. The maximum Gasteiger partial charge on any atom is 0.136 e. The minimum absolute atomic E-state index is 0.0271. The molecule has 0 saturated heterocycles. The summed E-state index contributed by atoms with van der Waals surface area (Å²) in [5.41, 5.74) is 0. The summed E-state index contributed by atoms with van der Waals surface area (Å²) in [6, 6.07) is 0. The van der Waals surface area contributed by atoms with Crippen LogP contribution in [0.1, 0.15) is 40.0 Å². The molecule has 2 atom stereocenters. The SMILES string of the molecule is C#CC(C)/C=N\N(C)C(C)/N=C(\C=C)N(C)CCCCC. The van der Waals surface area contributed by atoms with Gasteiger partial charge in [0.15, 0.2) is 0 Å². The Morgan fingerprint density at radius 2 is 2.00 bits per heavy atom. The van der Waals surface area contributed by atoms with Crippen molar-refractivity contribution < 1.29 is 0 Å². The molecule has 118 valence electrons. The van der Waals surface area contributed by atoms with Crippen LogP contribution in [0.4, 0.5) is 0 Å². The zero-order valence-electron chi connectivity index (χ0n) is 14.2. The Morgan fingerprint density at radius 1 is 1.33 bits per heavy atom. The Morgan fingerprint density at radius 3 is 2.52 bits per heavy atom. The molecular formula is C17H30N4. The summed E-state index contributed by atoms with van der Waals surface area (Å²) in [6.45, 7) is 11.0. The summed E-state index contributed by atoms with van der Waals surface area (Å²) in [7, 11) is 3.94. The van der Waals surface area contributed by atoms with Crippen LogP contribution >= 0.6 is 0 Å². The zero-order valence-corrected chi connectivity index (χ0v) is 14.2. The van der Waals surface area contributed by atoms with E-state index < -0.39 is 0 Å². The van der Waals surface area contributed by atoms with Crippen LogP contribution in [-0.4, -0.2) is 48.8 Å². The van der Waals surface area contributed by atoms with Crippen LogP contribution in [0.2, 0.25) is 0 Å². The van der Waals surface area contributed by atoms with Gasteiger partial charge in [-0.3, -0.25) is 5.01 Å². The summed E-state index contributed by atoms with van der Waals surface area (Å²) in [4.78, 5) is 6.80. The van der Waals surface area contributed by atoms with Gasteiger partial charge >= 0.3 is 0 Å². The monoisotopic (exact) mass is 290 g/mol. The van der Waals surface area contributed by atoms with Gasteiger partial charge in [0, 0.05) is 26.9 Å². The molecule has 0 aromatic carbocycles. The molecule has 0 rings (SSSR count). The Balaban J connectivity index is 4.63. The number of hydrogen-bond donors (Lipinski definition) is 0. The quantitative estimate of drug-likeness (QED) is 0.215. The molecule has 0 radical (unpaired) electrons. The van der Waals surface area contributed by atoms with E-state index in [0.717, 1.165) is 12.4 Å². The minimum atomic E-state index is -0.0622. The molecule has 0 aliphatic heterocycles. The first kappa shape index (κ1) is 19.2. The van der Waals surface area contributed by atoms with E-state index in [1.165, 1.54) is 19.3 Å². The molecule has 2 unspecified atom stereocenters. The van der Waals surface area contributed by atoms with E-state index in [1.807, 2.05) is 27.9 Å². The second-order valence-corrected chi connectivity index (χ2v) is 5.25. The highest BCUT2D eigenvalue weighted by atomic mass is 15.5. The van der Waals surface area contributed by atoms with E-state index in [0.29, 0.717) is 0 Å².